The molecule has 0 aliphatic heterocycles. The van der Waals surface area contributed by atoms with E-state index in [1.165, 1.54) is 23.8 Å². The summed E-state index contributed by atoms with van der Waals surface area (Å²) in [6.07, 6.45) is 10.3. The van der Waals surface area contributed by atoms with Crippen LogP contribution in [-0.2, 0) is 0 Å². The fraction of sp³-hybridized carbons (Fsp3) is 0.548. The van der Waals surface area contributed by atoms with Gasteiger partial charge < -0.3 is 10.8 Å². The molecule has 0 unspecified atom stereocenters. The first kappa shape index (κ1) is 24.6. The molecule has 4 aliphatic carbocycles. The largest absolute Gasteiger partial charge is 0.393 e. The van der Waals surface area contributed by atoms with Crippen LogP contribution in [0.25, 0.3) is 11.1 Å². The summed E-state index contributed by atoms with van der Waals surface area (Å²) in [5.41, 5.74) is 8.65. The minimum Gasteiger partial charge on any atom is -0.393 e. The quantitative estimate of drug-likeness (QED) is 0.437. The molecule has 3 N–H and O–H groups in total. The van der Waals surface area contributed by atoms with Gasteiger partial charge in [0.2, 0.25) is 0 Å². The Hall–Kier alpha value is -2.78. The molecule has 6 rings (SSSR count). The number of nitrogen functional groups attached to an aromatic ring is 1. The number of fused-ring (bicyclic) bond motifs is 5. The molecule has 4 nitrogen and oxygen atoms in total. The zero-order chi connectivity index (χ0) is 26.1. The maximum absolute atomic E-state index is 14.8. The van der Waals surface area contributed by atoms with Crippen molar-refractivity contribution in [1.82, 2.24) is 4.98 Å². The lowest BCUT2D eigenvalue weighted by Gasteiger charge is -2.58. The van der Waals surface area contributed by atoms with Gasteiger partial charge >= 0.3 is 0 Å². The lowest BCUT2D eigenvalue weighted by Crippen LogP contribution is -2.50. The Morgan fingerprint density at radius 3 is 2.57 bits per heavy atom. The number of aromatic nitrogens is 1. The Morgan fingerprint density at radius 1 is 1.08 bits per heavy atom. The molecule has 0 amide bonds. The zero-order valence-corrected chi connectivity index (χ0v) is 21.6. The number of aliphatic hydroxyl groups is 1. The molecule has 7 atom stereocenters. The lowest BCUT2D eigenvalue weighted by molar-refractivity contribution is -0.0412. The first-order valence-electron chi connectivity index (χ1n) is 13.7. The van der Waals surface area contributed by atoms with Crippen LogP contribution in [0.15, 0.2) is 35.9 Å². The lowest BCUT2D eigenvalue weighted by atomic mass is 9.47. The summed E-state index contributed by atoms with van der Waals surface area (Å²) < 4.78 is 29.6. The molecule has 194 valence electrons. The van der Waals surface area contributed by atoms with Crippen molar-refractivity contribution in [2.75, 3.05) is 5.73 Å². The van der Waals surface area contributed by atoms with Gasteiger partial charge in [-0.05, 0) is 98.1 Å². The predicted octanol–water partition coefficient (Wildman–Crippen LogP) is 6.89. The molecule has 0 spiro atoms. The van der Waals surface area contributed by atoms with Crippen molar-refractivity contribution >= 4 is 5.82 Å². The minimum atomic E-state index is -0.709. The van der Waals surface area contributed by atoms with Crippen LogP contribution in [0.5, 0.6) is 0 Å². The zero-order valence-electron chi connectivity index (χ0n) is 21.6. The van der Waals surface area contributed by atoms with E-state index in [1.807, 2.05) is 6.07 Å². The normalized spacial score (nSPS) is 36.6. The van der Waals surface area contributed by atoms with E-state index in [1.54, 1.807) is 6.07 Å². The van der Waals surface area contributed by atoms with Gasteiger partial charge in [-0.15, -0.1) is 0 Å². The third-order valence-corrected chi connectivity index (χ3v) is 10.8. The Kier molecular flexibility index (Phi) is 5.73. The van der Waals surface area contributed by atoms with E-state index >= 15 is 0 Å². The molecule has 1 heterocycles. The molecule has 3 saturated carbocycles. The van der Waals surface area contributed by atoms with Gasteiger partial charge in [-0.2, -0.15) is 5.26 Å². The summed E-state index contributed by atoms with van der Waals surface area (Å²) in [4.78, 5) is 4.67. The van der Waals surface area contributed by atoms with Crippen LogP contribution in [0.4, 0.5) is 14.6 Å². The summed E-state index contributed by atoms with van der Waals surface area (Å²) in [7, 11) is 0. The molecule has 3 fully saturated rings. The maximum Gasteiger partial charge on any atom is 0.142 e. The molecule has 1 aromatic carbocycles. The summed E-state index contributed by atoms with van der Waals surface area (Å²) in [6, 6.07) is 7.49. The second-order valence-corrected chi connectivity index (χ2v) is 12.4. The van der Waals surface area contributed by atoms with Gasteiger partial charge in [0.15, 0.2) is 0 Å². The first-order valence-corrected chi connectivity index (χ1v) is 13.7. The average Bonchev–Trinajstić information content (AvgIpc) is 3.21. The van der Waals surface area contributed by atoms with Crippen LogP contribution in [-0.4, -0.2) is 16.2 Å². The van der Waals surface area contributed by atoms with E-state index in [0.29, 0.717) is 17.8 Å². The Balaban J connectivity index is 1.38. The van der Waals surface area contributed by atoms with Gasteiger partial charge in [0.25, 0.3) is 0 Å². The van der Waals surface area contributed by atoms with Gasteiger partial charge in [0.05, 0.1) is 11.7 Å². The summed E-state index contributed by atoms with van der Waals surface area (Å²) in [6.45, 7) is 4.80. The number of benzene rings is 1. The standard InChI is InChI=1S/C31H35F2N3O/c1-30-12-10-18(37)14-17(30)6-7-19-22-8-9-24(31(22,2)13-11-23(19)30)27-15-20(21(16-34)29(35)36-27)28-25(32)4-3-5-26(28)33/h3-6,15,18-19,22-24,37H,7-14H2,1-2H3,(H2,35,36)/t18-,19-,22-,23-,24+,30-,31-/m0/s1. The molecule has 0 bridgehead atoms. The van der Waals surface area contributed by atoms with Crippen LogP contribution in [0.3, 0.4) is 0 Å². The van der Waals surface area contributed by atoms with Crippen molar-refractivity contribution in [1.29, 1.82) is 5.26 Å². The van der Waals surface area contributed by atoms with Crippen LogP contribution < -0.4 is 5.73 Å². The highest BCUT2D eigenvalue weighted by atomic mass is 19.1. The number of hydrogen-bond donors (Lipinski definition) is 2. The topological polar surface area (TPSA) is 82.9 Å². The van der Waals surface area contributed by atoms with Crippen molar-refractivity contribution in [2.45, 2.75) is 77.2 Å². The number of allylic oxidation sites excluding steroid dienone is 1. The number of hydrogen-bond acceptors (Lipinski definition) is 4. The van der Waals surface area contributed by atoms with E-state index in [2.05, 4.69) is 24.9 Å². The number of nitrogens with two attached hydrogens (primary N) is 1. The number of halogens is 2. The molecule has 4 aliphatic rings. The second kappa shape index (κ2) is 8.63. The second-order valence-electron chi connectivity index (χ2n) is 12.4. The highest BCUT2D eigenvalue weighted by Crippen LogP contribution is 2.68. The number of nitrogens with zero attached hydrogens (tertiary/aromatic N) is 2. The monoisotopic (exact) mass is 503 g/mol. The number of rotatable bonds is 2. The van der Waals surface area contributed by atoms with Crippen molar-refractivity contribution in [3.8, 4) is 17.2 Å². The van der Waals surface area contributed by atoms with Crippen LogP contribution >= 0.6 is 0 Å². The predicted molar refractivity (Wildman–Crippen MR) is 139 cm³/mol. The molecule has 6 heteroatoms. The molecule has 0 saturated heterocycles. The molecular weight excluding hydrogens is 468 g/mol. The van der Waals surface area contributed by atoms with Crippen molar-refractivity contribution in [2.24, 2.45) is 28.6 Å². The highest BCUT2D eigenvalue weighted by molar-refractivity contribution is 5.76. The van der Waals surface area contributed by atoms with Gasteiger partial charge in [0.1, 0.15) is 29.1 Å². The van der Waals surface area contributed by atoms with E-state index in [4.69, 9.17) is 5.73 Å². The van der Waals surface area contributed by atoms with Crippen LogP contribution in [0.2, 0.25) is 0 Å². The van der Waals surface area contributed by atoms with Gasteiger partial charge in [-0.1, -0.05) is 31.6 Å². The number of anilines is 1. The Bertz CT molecular complexity index is 1310. The van der Waals surface area contributed by atoms with E-state index < -0.39 is 11.6 Å². The number of nitriles is 1. The fourth-order valence-corrected chi connectivity index (χ4v) is 8.96. The minimum absolute atomic E-state index is 0.00962. The molecular formula is C31H35F2N3O. The van der Waals surface area contributed by atoms with E-state index in [9.17, 15) is 19.1 Å². The summed E-state index contributed by atoms with van der Waals surface area (Å²) in [5, 5.41) is 20.0. The summed E-state index contributed by atoms with van der Waals surface area (Å²) >= 11 is 0. The SMILES string of the molecule is C[C@]12CC[C@H]3[C@@H](CC=C4C[C@@H](O)CC[C@@]43C)[C@@H]1CC[C@@H]2c1cc(-c2c(F)cccc2F)c(C#N)c(N)n1. The molecule has 1 aromatic heterocycles. The number of aliphatic hydroxyl groups excluding tert-OH is 1. The first-order chi connectivity index (χ1) is 17.7. The van der Waals surface area contributed by atoms with Crippen molar-refractivity contribution < 1.29 is 13.9 Å². The van der Waals surface area contributed by atoms with Crippen LogP contribution in [0, 0.1) is 51.5 Å². The van der Waals surface area contributed by atoms with Crippen LogP contribution in [0.1, 0.15) is 82.4 Å². The maximum atomic E-state index is 14.8. The van der Waals surface area contributed by atoms with E-state index in [0.717, 1.165) is 57.1 Å². The van der Waals surface area contributed by atoms with Gasteiger partial charge in [-0.3, -0.25) is 0 Å². The Labute approximate surface area is 217 Å². The van der Waals surface area contributed by atoms with Gasteiger partial charge in [-0.25, -0.2) is 13.8 Å². The van der Waals surface area contributed by atoms with Crippen molar-refractivity contribution in [3.63, 3.8) is 0 Å². The third kappa shape index (κ3) is 3.57. The Morgan fingerprint density at radius 2 is 1.84 bits per heavy atom. The fourth-order valence-electron chi connectivity index (χ4n) is 8.96. The summed E-state index contributed by atoms with van der Waals surface area (Å²) in [5.74, 6) is 0.487. The third-order valence-electron chi connectivity index (χ3n) is 10.8. The molecule has 2 aromatic rings. The van der Waals surface area contributed by atoms with Crippen molar-refractivity contribution in [3.05, 3.63) is 58.8 Å². The molecule has 37 heavy (non-hydrogen) atoms. The highest BCUT2D eigenvalue weighted by Gasteiger charge is 2.59. The number of pyridine rings is 1. The van der Waals surface area contributed by atoms with E-state index in [-0.39, 0.29) is 45.4 Å². The average molecular weight is 504 g/mol. The smallest absolute Gasteiger partial charge is 0.142 e. The van der Waals surface area contributed by atoms with Gasteiger partial charge in [0, 0.05) is 17.2 Å². The molecule has 0 radical (unpaired) electrons.